The zero-order chi connectivity index (χ0) is 15.4. The minimum Gasteiger partial charge on any atom is -0.493 e. The van der Waals surface area contributed by atoms with E-state index in [0.29, 0.717) is 18.0 Å². The Balaban J connectivity index is 2.64. The van der Waals surface area contributed by atoms with Gasteiger partial charge in [-0.15, -0.1) is 6.58 Å². The number of hydrogen-bond acceptors (Lipinski definition) is 4. The maximum absolute atomic E-state index is 6.26. The fourth-order valence-corrected chi connectivity index (χ4v) is 2.51. The molecular formula is C16H23N3O2. The second-order valence-electron chi connectivity index (χ2n) is 4.96. The Morgan fingerprint density at radius 2 is 2.00 bits per heavy atom. The lowest BCUT2D eigenvalue weighted by Crippen LogP contribution is -2.16. The van der Waals surface area contributed by atoms with E-state index in [4.69, 9.17) is 15.2 Å². The minimum atomic E-state index is -0.0839. The highest BCUT2D eigenvalue weighted by molar-refractivity contribution is 5.81. The molecule has 2 aromatic rings. The number of allylic oxidation sites excluding steroid dienone is 1. The number of ether oxygens (including phenoxy) is 2. The molecule has 0 spiro atoms. The predicted molar refractivity (Wildman–Crippen MR) is 84.9 cm³/mol. The molecule has 0 radical (unpaired) electrons. The number of benzene rings is 1. The van der Waals surface area contributed by atoms with E-state index < -0.39 is 0 Å². The van der Waals surface area contributed by atoms with E-state index in [1.54, 1.807) is 14.2 Å². The van der Waals surface area contributed by atoms with Gasteiger partial charge in [0.15, 0.2) is 11.5 Å². The zero-order valence-electron chi connectivity index (χ0n) is 12.9. The number of nitrogens with two attached hydrogens (primary N) is 1. The van der Waals surface area contributed by atoms with Crippen LogP contribution in [0.5, 0.6) is 11.5 Å². The van der Waals surface area contributed by atoms with Crippen molar-refractivity contribution in [1.29, 1.82) is 0 Å². The first-order chi connectivity index (χ1) is 10.2. The highest BCUT2D eigenvalue weighted by Crippen LogP contribution is 2.33. The fraction of sp³-hybridized carbons (Fsp3) is 0.438. The van der Waals surface area contributed by atoms with Crippen LogP contribution in [0, 0.1) is 0 Å². The molecule has 0 fully saturated rings. The third-order valence-corrected chi connectivity index (χ3v) is 3.53. The number of hydrogen-bond donors (Lipinski definition) is 1. The summed E-state index contributed by atoms with van der Waals surface area (Å²) in [5.41, 5.74) is 8.10. The maximum atomic E-state index is 6.26. The molecule has 0 aliphatic carbocycles. The molecule has 1 heterocycles. The predicted octanol–water partition coefficient (Wildman–Crippen LogP) is 3.04. The Morgan fingerprint density at radius 1 is 1.33 bits per heavy atom. The van der Waals surface area contributed by atoms with Gasteiger partial charge in [0.1, 0.15) is 5.82 Å². The van der Waals surface area contributed by atoms with Crippen LogP contribution < -0.4 is 15.2 Å². The zero-order valence-corrected chi connectivity index (χ0v) is 12.9. The van der Waals surface area contributed by atoms with Crippen LogP contribution in [0.1, 0.15) is 31.6 Å². The van der Waals surface area contributed by atoms with Crippen molar-refractivity contribution < 1.29 is 9.47 Å². The quantitative estimate of drug-likeness (QED) is 0.796. The number of rotatable bonds is 7. The Labute approximate surface area is 125 Å². The molecule has 1 atom stereocenters. The van der Waals surface area contributed by atoms with E-state index in [0.717, 1.165) is 29.7 Å². The highest BCUT2D eigenvalue weighted by Gasteiger charge is 2.18. The second-order valence-corrected chi connectivity index (χ2v) is 4.96. The van der Waals surface area contributed by atoms with E-state index in [-0.39, 0.29) is 6.04 Å². The molecule has 2 rings (SSSR count). The molecule has 2 N–H and O–H groups in total. The van der Waals surface area contributed by atoms with Crippen molar-refractivity contribution in [3.8, 4) is 11.5 Å². The van der Waals surface area contributed by atoms with Gasteiger partial charge in [0.2, 0.25) is 0 Å². The van der Waals surface area contributed by atoms with E-state index in [9.17, 15) is 0 Å². The van der Waals surface area contributed by atoms with Crippen molar-refractivity contribution in [2.45, 2.75) is 32.4 Å². The van der Waals surface area contributed by atoms with Crippen LogP contribution >= 0.6 is 0 Å². The average molecular weight is 289 g/mol. The number of imidazole rings is 1. The molecule has 5 nitrogen and oxygen atoms in total. The summed E-state index contributed by atoms with van der Waals surface area (Å²) in [6.07, 6.45) is 3.76. The normalized spacial score (nSPS) is 12.4. The lowest BCUT2D eigenvalue weighted by Gasteiger charge is -2.13. The van der Waals surface area contributed by atoms with Gasteiger partial charge in [-0.1, -0.05) is 19.4 Å². The smallest absolute Gasteiger partial charge is 0.163 e. The van der Waals surface area contributed by atoms with Crippen molar-refractivity contribution in [2.75, 3.05) is 14.2 Å². The summed E-state index contributed by atoms with van der Waals surface area (Å²) in [7, 11) is 3.25. The first-order valence-corrected chi connectivity index (χ1v) is 7.14. The van der Waals surface area contributed by atoms with Gasteiger partial charge in [0.05, 0.1) is 31.3 Å². The molecule has 1 aromatic heterocycles. The molecule has 0 saturated heterocycles. The number of methoxy groups -OCH3 is 2. The van der Waals surface area contributed by atoms with Gasteiger partial charge in [-0.2, -0.15) is 0 Å². The molecule has 0 amide bonds. The Kier molecular flexibility index (Phi) is 4.85. The van der Waals surface area contributed by atoms with Crippen LogP contribution in [0.4, 0.5) is 0 Å². The Hall–Kier alpha value is -2.01. The Bertz CT molecular complexity index is 634. The molecular weight excluding hydrogens is 266 g/mol. The SMILES string of the molecule is C=CCn1c(C(N)CCC)nc2cc(OC)c(OC)cc21. The lowest BCUT2D eigenvalue weighted by molar-refractivity contribution is 0.355. The number of nitrogens with zero attached hydrogens (tertiary/aromatic N) is 2. The molecule has 114 valence electrons. The van der Waals surface area contributed by atoms with Crippen molar-refractivity contribution in [3.05, 3.63) is 30.6 Å². The standard InChI is InChI=1S/C16H23N3O2/c1-5-7-11(17)16-18-12-9-14(20-3)15(21-4)10-13(12)19(16)8-6-2/h6,9-11H,2,5,7-8,17H2,1,3-4H3. The van der Waals surface area contributed by atoms with Gasteiger partial charge in [0, 0.05) is 18.7 Å². The number of aromatic nitrogens is 2. The summed E-state index contributed by atoms with van der Waals surface area (Å²) in [4.78, 5) is 4.69. The van der Waals surface area contributed by atoms with E-state index in [1.807, 2.05) is 18.2 Å². The molecule has 0 aliphatic heterocycles. The summed E-state index contributed by atoms with van der Waals surface area (Å²) in [6.45, 7) is 6.60. The minimum absolute atomic E-state index is 0.0839. The molecule has 21 heavy (non-hydrogen) atoms. The van der Waals surface area contributed by atoms with Crippen molar-refractivity contribution >= 4 is 11.0 Å². The van der Waals surface area contributed by atoms with Gasteiger partial charge >= 0.3 is 0 Å². The van der Waals surface area contributed by atoms with Gasteiger partial charge in [0.25, 0.3) is 0 Å². The topological polar surface area (TPSA) is 62.3 Å². The third kappa shape index (κ3) is 2.88. The molecule has 5 heteroatoms. The van der Waals surface area contributed by atoms with E-state index >= 15 is 0 Å². The summed E-state index contributed by atoms with van der Waals surface area (Å²) in [6, 6.07) is 3.74. The molecule has 1 aromatic carbocycles. The van der Waals surface area contributed by atoms with E-state index in [1.165, 1.54) is 0 Å². The summed E-state index contributed by atoms with van der Waals surface area (Å²) in [5.74, 6) is 2.23. The first-order valence-electron chi connectivity index (χ1n) is 7.14. The van der Waals surface area contributed by atoms with Crippen LogP contribution in [-0.4, -0.2) is 23.8 Å². The monoisotopic (exact) mass is 289 g/mol. The van der Waals surface area contributed by atoms with Crippen molar-refractivity contribution in [2.24, 2.45) is 5.73 Å². The second kappa shape index (κ2) is 6.63. The van der Waals surface area contributed by atoms with Crippen molar-refractivity contribution in [3.63, 3.8) is 0 Å². The molecule has 0 bridgehead atoms. The van der Waals surface area contributed by atoms with Crippen LogP contribution in [-0.2, 0) is 6.54 Å². The van der Waals surface area contributed by atoms with Crippen LogP contribution in [0.3, 0.4) is 0 Å². The van der Waals surface area contributed by atoms with Crippen LogP contribution in [0.25, 0.3) is 11.0 Å². The summed E-state index contributed by atoms with van der Waals surface area (Å²) >= 11 is 0. The average Bonchev–Trinajstić information content (AvgIpc) is 2.84. The maximum Gasteiger partial charge on any atom is 0.163 e. The number of fused-ring (bicyclic) bond motifs is 1. The van der Waals surface area contributed by atoms with Gasteiger partial charge in [-0.05, 0) is 6.42 Å². The third-order valence-electron chi connectivity index (χ3n) is 3.53. The summed E-state index contributed by atoms with van der Waals surface area (Å²) < 4.78 is 12.8. The summed E-state index contributed by atoms with van der Waals surface area (Å²) in [5, 5.41) is 0. The first kappa shape index (κ1) is 15.4. The van der Waals surface area contributed by atoms with Gasteiger partial charge in [-0.25, -0.2) is 4.98 Å². The van der Waals surface area contributed by atoms with E-state index in [2.05, 4.69) is 23.1 Å². The highest BCUT2D eigenvalue weighted by atomic mass is 16.5. The molecule has 0 aliphatic rings. The largest absolute Gasteiger partial charge is 0.493 e. The van der Waals surface area contributed by atoms with Crippen molar-refractivity contribution in [1.82, 2.24) is 9.55 Å². The molecule has 1 unspecified atom stereocenters. The Morgan fingerprint density at radius 3 is 2.57 bits per heavy atom. The van der Waals surface area contributed by atoms with Gasteiger partial charge in [-0.3, -0.25) is 0 Å². The van der Waals surface area contributed by atoms with Crippen LogP contribution in [0.15, 0.2) is 24.8 Å². The lowest BCUT2D eigenvalue weighted by atomic mass is 10.1. The fourth-order valence-electron chi connectivity index (χ4n) is 2.51. The van der Waals surface area contributed by atoms with Crippen LogP contribution in [0.2, 0.25) is 0 Å². The molecule has 0 saturated carbocycles. The van der Waals surface area contributed by atoms with Gasteiger partial charge < -0.3 is 19.8 Å².